The number of benzene rings is 4. The maximum atomic E-state index is 14.3. The van der Waals surface area contributed by atoms with Crippen molar-refractivity contribution >= 4 is 64.3 Å². The van der Waals surface area contributed by atoms with Crippen molar-refractivity contribution in [2.24, 2.45) is 0 Å². The highest BCUT2D eigenvalue weighted by Gasteiger charge is 2.45. The molecular formula is C41H32ClF5N6O7. The van der Waals surface area contributed by atoms with Gasteiger partial charge in [0.05, 0.1) is 22.7 Å². The van der Waals surface area contributed by atoms with E-state index >= 15 is 0 Å². The van der Waals surface area contributed by atoms with Crippen molar-refractivity contribution in [3.8, 4) is 0 Å². The molecule has 310 valence electrons. The van der Waals surface area contributed by atoms with Crippen LogP contribution >= 0.6 is 11.6 Å². The van der Waals surface area contributed by atoms with Crippen LogP contribution in [0.5, 0.6) is 0 Å². The highest BCUT2D eigenvalue weighted by Crippen LogP contribution is 2.41. The van der Waals surface area contributed by atoms with Crippen LogP contribution in [0, 0.1) is 11.6 Å². The topological polar surface area (TPSA) is 183 Å². The SMILES string of the molecule is O=C1CCC(N2C(=O)c3ccc(NCCCCCNC(=O)c4cc(NC(=O)c5cc(F)cc(C(F)(F)F)c5)c5c(c4)C(=O)NC5c4cc(F)ccc4Cl)cc3C2=O)C(=O)N1. The number of hydrogen-bond donors (Lipinski definition) is 5. The Morgan fingerprint density at radius 2 is 1.52 bits per heavy atom. The van der Waals surface area contributed by atoms with Gasteiger partial charge in [0, 0.05) is 63.7 Å². The minimum Gasteiger partial charge on any atom is -0.385 e. The van der Waals surface area contributed by atoms with Crippen LogP contribution in [0.15, 0.2) is 66.7 Å². The van der Waals surface area contributed by atoms with E-state index in [2.05, 4.69) is 26.6 Å². The normalized spacial score (nSPS) is 17.2. The van der Waals surface area contributed by atoms with Crippen molar-refractivity contribution < 1.29 is 55.5 Å². The first-order valence-electron chi connectivity index (χ1n) is 18.5. The Morgan fingerprint density at radius 3 is 2.27 bits per heavy atom. The molecule has 0 spiro atoms. The van der Waals surface area contributed by atoms with E-state index in [0.717, 1.165) is 17.0 Å². The summed E-state index contributed by atoms with van der Waals surface area (Å²) in [6.45, 7) is 0.613. The summed E-state index contributed by atoms with van der Waals surface area (Å²) in [7, 11) is 0. The van der Waals surface area contributed by atoms with E-state index in [0.29, 0.717) is 43.6 Å². The number of alkyl halides is 3. The summed E-state index contributed by atoms with van der Waals surface area (Å²) in [6.07, 6.45) is -3.23. The summed E-state index contributed by atoms with van der Waals surface area (Å²) in [5.41, 5.74) is -1.57. The highest BCUT2D eigenvalue weighted by molar-refractivity contribution is 6.31. The van der Waals surface area contributed by atoms with E-state index in [1.165, 1.54) is 30.3 Å². The van der Waals surface area contributed by atoms with E-state index in [-0.39, 0.29) is 69.5 Å². The lowest BCUT2D eigenvalue weighted by Gasteiger charge is -2.27. The van der Waals surface area contributed by atoms with Gasteiger partial charge in [-0.3, -0.25) is 43.8 Å². The second-order valence-corrected chi connectivity index (χ2v) is 14.6. The number of imide groups is 2. The third kappa shape index (κ3) is 8.40. The number of halogens is 6. The lowest BCUT2D eigenvalue weighted by atomic mass is 9.94. The molecule has 19 heteroatoms. The third-order valence-electron chi connectivity index (χ3n) is 10.2. The predicted octanol–water partition coefficient (Wildman–Crippen LogP) is 6.14. The molecule has 0 radical (unpaired) electrons. The molecule has 0 aliphatic carbocycles. The van der Waals surface area contributed by atoms with Crippen molar-refractivity contribution in [2.75, 3.05) is 23.7 Å². The largest absolute Gasteiger partial charge is 0.416 e. The Labute approximate surface area is 342 Å². The van der Waals surface area contributed by atoms with Crippen LogP contribution in [0.25, 0.3) is 0 Å². The van der Waals surface area contributed by atoms with Crippen LogP contribution in [-0.2, 0) is 15.8 Å². The fraction of sp³-hybridized carbons (Fsp3) is 0.244. The molecule has 3 aliphatic rings. The smallest absolute Gasteiger partial charge is 0.385 e. The van der Waals surface area contributed by atoms with Gasteiger partial charge < -0.3 is 21.3 Å². The molecular weight excluding hydrogens is 819 g/mol. The van der Waals surface area contributed by atoms with Gasteiger partial charge in [0.15, 0.2) is 0 Å². The molecule has 7 amide bonds. The molecule has 5 N–H and O–H groups in total. The van der Waals surface area contributed by atoms with Gasteiger partial charge in [-0.25, -0.2) is 8.78 Å². The molecule has 7 rings (SSSR count). The number of unbranched alkanes of at least 4 members (excludes halogenated alkanes) is 2. The number of rotatable bonds is 12. The summed E-state index contributed by atoms with van der Waals surface area (Å²) in [6, 6.07) is 9.48. The van der Waals surface area contributed by atoms with Gasteiger partial charge in [0.2, 0.25) is 11.8 Å². The fourth-order valence-electron chi connectivity index (χ4n) is 7.26. The summed E-state index contributed by atoms with van der Waals surface area (Å²) in [5.74, 6) is -7.04. The van der Waals surface area contributed by atoms with Gasteiger partial charge in [-0.2, -0.15) is 13.2 Å². The lowest BCUT2D eigenvalue weighted by Crippen LogP contribution is -2.54. The van der Waals surface area contributed by atoms with Crippen molar-refractivity contribution in [1.29, 1.82) is 0 Å². The molecule has 0 aromatic heterocycles. The molecule has 13 nitrogen and oxygen atoms in total. The van der Waals surface area contributed by atoms with Crippen LogP contribution in [0.3, 0.4) is 0 Å². The quantitative estimate of drug-likeness (QED) is 0.0641. The number of nitrogens with zero attached hydrogens (tertiary/aromatic N) is 1. The molecule has 0 bridgehead atoms. The Morgan fingerprint density at radius 1 is 0.783 bits per heavy atom. The second-order valence-electron chi connectivity index (χ2n) is 14.2. The maximum Gasteiger partial charge on any atom is 0.416 e. The van der Waals surface area contributed by atoms with Gasteiger partial charge >= 0.3 is 6.18 Å². The Bertz CT molecular complexity index is 2510. The zero-order valence-corrected chi connectivity index (χ0v) is 31.8. The predicted molar refractivity (Wildman–Crippen MR) is 204 cm³/mol. The van der Waals surface area contributed by atoms with Crippen molar-refractivity contribution in [2.45, 2.75) is 50.4 Å². The number of nitrogens with one attached hydrogen (secondary N) is 5. The van der Waals surface area contributed by atoms with E-state index in [9.17, 15) is 55.5 Å². The molecule has 1 saturated heterocycles. The zero-order valence-electron chi connectivity index (χ0n) is 31.0. The number of hydrogen-bond acceptors (Lipinski definition) is 8. The van der Waals surface area contributed by atoms with E-state index in [4.69, 9.17) is 11.6 Å². The molecule has 1 fully saturated rings. The van der Waals surface area contributed by atoms with Gasteiger partial charge in [-0.15, -0.1) is 0 Å². The van der Waals surface area contributed by atoms with Crippen molar-refractivity contribution in [3.05, 3.63) is 128 Å². The minimum absolute atomic E-state index is 0.00254. The lowest BCUT2D eigenvalue weighted by molar-refractivity contribution is -0.138. The van der Waals surface area contributed by atoms with Crippen molar-refractivity contribution in [1.82, 2.24) is 20.9 Å². The number of fused-ring (bicyclic) bond motifs is 2. The van der Waals surface area contributed by atoms with Crippen LogP contribution in [-0.4, -0.2) is 65.4 Å². The maximum absolute atomic E-state index is 14.3. The molecule has 0 saturated carbocycles. The Kier molecular flexibility index (Phi) is 11.4. The second kappa shape index (κ2) is 16.5. The molecule has 3 heterocycles. The summed E-state index contributed by atoms with van der Waals surface area (Å²) in [5, 5.41) is 13.1. The van der Waals surface area contributed by atoms with Crippen LogP contribution in [0.2, 0.25) is 5.02 Å². The summed E-state index contributed by atoms with van der Waals surface area (Å²) >= 11 is 6.34. The monoisotopic (exact) mass is 850 g/mol. The van der Waals surface area contributed by atoms with E-state index < -0.39 is 82.4 Å². The van der Waals surface area contributed by atoms with Gasteiger partial charge in [0.25, 0.3) is 29.5 Å². The third-order valence-corrected chi connectivity index (χ3v) is 10.5. The number of amides is 7. The van der Waals surface area contributed by atoms with Gasteiger partial charge in [-0.1, -0.05) is 11.6 Å². The standard InChI is InChI=1S/C41H32ClF5N6O7/c42-29-7-4-22(43)17-27(29)34-33-28(37(57)52-34)14-20(15-30(33)50-36(56)19-12-21(41(45,46)47)16-23(44)13-19)35(55)49-11-3-1-2-10-48-24-5-6-25-26(18-24)40(60)53(39(25)59)31-8-9-32(54)51-38(31)58/h4-7,12-18,31,34,48H,1-3,8-11H2,(H,49,55)(H,50,56)(H,52,57)(H,51,54,58). The number of carbonyl (C=O) groups excluding carboxylic acids is 7. The Balaban J connectivity index is 0.994. The van der Waals surface area contributed by atoms with E-state index in [1.54, 1.807) is 6.07 Å². The fourth-order valence-corrected chi connectivity index (χ4v) is 7.49. The number of anilines is 2. The molecule has 2 unspecified atom stereocenters. The zero-order chi connectivity index (χ0) is 43.0. The molecule has 4 aromatic carbocycles. The first kappa shape index (κ1) is 41.5. The summed E-state index contributed by atoms with van der Waals surface area (Å²) < 4.78 is 68.9. The average molecular weight is 851 g/mol. The summed E-state index contributed by atoms with van der Waals surface area (Å²) in [4.78, 5) is 90.8. The van der Waals surface area contributed by atoms with Crippen molar-refractivity contribution in [3.63, 3.8) is 0 Å². The first-order valence-corrected chi connectivity index (χ1v) is 18.9. The molecule has 2 atom stereocenters. The van der Waals surface area contributed by atoms with Crippen LogP contribution in [0.4, 0.5) is 33.3 Å². The van der Waals surface area contributed by atoms with Crippen LogP contribution < -0.4 is 26.6 Å². The highest BCUT2D eigenvalue weighted by atomic mass is 35.5. The van der Waals surface area contributed by atoms with Gasteiger partial charge in [-0.05, 0) is 92.4 Å². The average Bonchev–Trinajstić information content (AvgIpc) is 3.66. The first-order chi connectivity index (χ1) is 28.5. The molecule has 60 heavy (non-hydrogen) atoms. The number of piperidine rings is 1. The Hall–Kier alpha value is -6.69. The minimum atomic E-state index is -4.97. The molecule has 3 aliphatic heterocycles. The van der Waals surface area contributed by atoms with Crippen LogP contribution in [0.1, 0.15) is 107 Å². The molecule has 4 aromatic rings. The number of carbonyl (C=O) groups is 7. The van der Waals surface area contributed by atoms with E-state index in [1.807, 2.05) is 0 Å². The van der Waals surface area contributed by atoms with Gasteiger partial charge in [0.1, 0.15) is 17.7 Å².